The highest BCUT2D eigenvalue weighted by Crippen LogP contribution is 2.35. The number of aryl methyl sites for hydroxylation is 1. The van der Waals surface area contributed by atoms with Crippen LogP contribution < -0.4 is 5.32 Å². The van der Waals surface area contributed by atoms with Crippen molar-refractivity contribution in [2.45, 2.75) is 19.9 Å². The van der Waals surface area contributed by atoms with Gasteiger partial charge in [0.2, 0.25) is 0 Å². The van der Waals surface area contributed by atoms with E-state index in [0.717, 1.165) is 55.2 Å². The molecular weight excluding hydrogens is 444 g/mol. The summed E-state index contributed by atoms with van der Waals surface area (Å²) in [6, 6.07) is 8.63. The molecule has 6 rings (SSSR count). The number of anilines is 1. The summed E-state index contributed by atoms with van der Waals surface area (Å²) in [7, 11) is 2.00. The first-order valence-electron chi connectivity index (χ1n) is 11.0. The molecule has 6 heterocycles. The van der Waals surface area contributed by atoms with Crippen LogP contribution >= 0.6 is 11.3 Å². The third-order valence-corrected chi connectivity index (χ3v) is 6.64. The standard InChI is InChI=1S/C25H22N8S/c1-14(2)29-17-7-15(9-26-11-17)16-8-18-23(31-32-24(18)28-10-16)25-30-22-19(21-5-4-6-34-21)12-27-13-20(22)33(25)3/h4-14,29H,1-3H3,(H,28,31,32). The monoisotopic (exact) mass is 466 g/mol. The molecule has 6 aromatic rings. The maximum absolute atomic E-state index is 5.02. The Bertz CT molecular complexity index is 1630. The first kappa shape index (κ1) is 20.5. The third-order valence-electron chi connectivity index (χ3n) is 5.74. The minimum absolute atomic E-state index is 0.323. The minimum atomic E-state index is 0.323. The Kier molecular flexibility index (Phi) is 4.84. The topological polar surface area (TPSA) is 97.2 Å². The molecule has 0 spiro atoms. The molecule has 0 amide bonds. The fraction of sp³-hybridized carbons (Fsp3) is 0.160. The van der Waals surface area contributed by atoms with Crippen molar-refractivity contribution in [3.05, 3.63) is 60.6 Å². The lowest BCUT2D eigenvalue weighted by molar-refractivity contribution is 0.898. The lowest BCUT2D eigenvalue weighted by Crippen LogP contribution is -2.09. The zero-order valence-electron chi connectivity index (χ0n) is 18.9. The minimum Gasteiger partial charge on any atom is -0.382 e. The van der Waals surface area contributed by atoms with Gasteiger partial charge in [0, 0.05) is 59.4 Å². The highest BCUT2D eigenvalue weighted by Gasteiger charge is 2.19. The Hall–Kier alpha value is -4.11. The van der Waals surface area contributed by atoms with E-state index in [0.29, 0.717) is 11.7 Å². The van der Waals surface area contributed by atoms with E-state index >= 15 is 0 Å². The van der Waals surface area contributed by atoms with Crippen LogP contribution in [-0.2, 0) is 7.05 Å². The van der Waals surface area contributed by atoms with Crippen LogP contribution in [-0.4, -0.2) is 40.7 Å². The molecule has 34 heavy (non-hydrogen) atoms. The van der Waals surface area contributed by atoms with Crippen molar-refractivity contribution in [3.8, 4) is 33.1 Å². The van der Waals surface area contributed by atoms with Crippen LogP contribution in [0.3, 0.4) is 0 Å². The predicted molar refractivity (Wildman–Crippen MR) is 137 cm³/mol. The highest BCUT2D eigenvalue weighted by atomic mass is 32.1. The summed E-state index contributed by atoms with van der Waals surface area (Å²) in [5, 5.41) is 14.0. The predicted octanol–water partition coefficient (Wildman–Crippen LogP) is 5.52. The number of hydrogen-bond acceptors (Lipinski definition) is 7. The molecular formula is C25H22N8S. The molecule has 0 saturated heterocycles. The van der Waals surface area contributed by atoms with Crippen molar-refractivity contribution in [2.75, 3.05) is 5.32 Å². The highest BCUT2D eigenvalue weighted by molar-refractivity contribution is 7.13. The van der Waals surface area contributed by atoms with Gasteiger partial charge < -0.3 is 9.88 Å². The Morgan fingerprint density at radius 3 is 2.71 bits per heavy atom. The number of nitrogens with one attached hydrogen (secondary N) is 2. The van der Waals surface area contributed by atoms with Crippen LogP contribution in [0.15, 0.2) is 60.6 Å². The Morgan fingerprint density at radius 1 is 1.03 bits per heavy atom. The SMILES string of the molecule is CC(C)Nc1cncc(-c2cnc3n[nH]c(-c4nc5c(-c6cccs6)cncc5n4C)c3c2)c1. The summed E-state index contributed by atoms with van der Waals surface area (Å²) in [5.74, 6) is 0.788. The van der Waals surface area contributed by atoms with E-state index in [9.17, 15) is 0 Å². The second kappa shape index (κ2) is 8.03. The van der Waals surface area contributed by atoms with E-state index in [-0.39, 0.29) is 0 Å². The maximum Gasteiger partial charge on any atom is 0.181 e. The lowest BCUT2D eigenvalue weighted by Gasteiger charge is -2.10. The van der Waals surface area contributed by atoms with E-state index in [1.165, 1.54) is 0 Å². The van der Waals surface area contributed by atoms with Crippen molar-refractivity contribution in [1.82, 2.24) is 34.7 Å². The average molecular weight is 467 g/mol. The van der Waals surface area contributed by atoms with Crippen LogP contribution in [0.1, 0.15) is 13.8 Å². The summed E-state index contributed by atoms with van der Waals surface area (Å²) in [4.78, 5) is 19.6. The number of imidazole rings is 1. The molecule has 0 fully saturated rings. The summed E-state index contributed by atoms with van der Waals surface area (Å²) in [6.45, 7) is 4.21. The van der Waals surface area contributed by atoms with E-state index in [2.05, 4.69) is 67.9 Å². The van der Waals surface area contributed by atoms with Crippen LogP contribution in [0.4, 0.5) is 5.69 Å². The van der Waals surface area contributed by atoms with Gasteiger partial charge in [-0.05, 0) is 37.4 Å². The van der Waals surface area contributed by atoms with Crippen molar-refractivity contribution < 1.29 is 0 Å². The van der Waals surface area contributed by atoms with Gasteiger partial charge in [0.15, 0.2) is 11.5 Å². The summed E-state index contributed by atoms with van der Waals surface area (Å²) in [5.41, 5.74) is 7.30. The summed E-state index contributed by atoms with van der Waals surface area (Å²) in [6.07, 6.45) is 9.24. The van der Waals surface area contributed by atoms with Gasteiger partial charge in [-0.15, -0.1) is 11.3 Å². The van der Waals surface area contributed by atoms with Crippen molar-refractivity contribution in [3.63, 3.8) is 0 Å². The first-order valence-corrected chi connectivity index (χ1v) is 11.9. The molecule has 0 radical (unpaired) electrons. The average Bonchev–Trinajstić information content (AvgIpc) is 3.58. The van der Waals surface area contributed by atoms with Gasteiger partial charge in [0.25, 0.3) is 0 Å². The fourth-order valence-electron chi connectivity index (χ4n) is 4.17. The number of pyridine rings is 3. The molecule has 0 unspecified atom stereocenters. The smallest absolute Gasteiger partial charge is 0.181 e. The number of rotatable bonds is 5. The molecule has 9 heteroatoms. The molecule has 6 aromatic heterocycles. The zero-order chi connectivity index (χ0) is 23.2. The molecule has 0 bridgehead atoms. The number of nitrogens with zero attached hydrogens (tertiary/aromatic N) is 6. The molecule has 8 nitrogen and oxygen atoms in total. The van der Waals surface area contributed by atoms with Crippen molar-refractivity contribution in [1.29, 1.82) is 0 Å². The molecule has 168 valence electrons. The molecule has 0 aliphatic heterocycles. The van der Waals surface area contributed by atoms with Gasteiger partial charge in [-0.2, -0.15) is 5.10 Å². The van der Waals surface area contributed by atoms with E-state index in [1.807, 2.05) is 48.7 Å². The number of fused-ring (bicyclic) bond motifs is 2. The van der Waals surface area contributed by atoms with E-state index in [1.54, 1.807) is 11.3 Å². The number of H-pyrrole nitrogens is 1. The summed E-state index contributed by atoms with van der Waals surface area (Å²) < 4.78 is 2.05. The largest absolute Gasteiger partial charge is 0.382 e. The fourth-order valence-corrected chi connectivity index (χ4v) is 4.91. The maximum atomic E-state index is 5.02. The first-order chi connectivity index (χ1) is 16.6. The summed E-state index contributed by atoms with van der Waals surface area (Å²) >= 11 is 1.68. The molecule has 0 aromatic carbocycles. The third kappa shape index (κ3) is 3.41. The zero-order valence-corrected chi connectivity index (χ0v) is 19.8. The molecule has 0 saturated carbocycles. The van der Waals surface area contributed by atoms with E-state index < -0.39 is 0 Å². The Labute approximate surface area is 199 Å². The molecule has 0 aliphatic carbocycles. The quantitative estimate of drug-likeness (QED) is 0.347. The normalized spacial score (nSPS) is 11.6. The number of aromatic nitrogens is 7. The second-order valence-electron chi connectivity index (χ2n) is 8.48. The van der Waals surface area contributed by atoms with Crippen LogP contribution in [0.2, 0.25) is 0 Å². The Morgan fingerprint density at radius 2 is 1.88 bits per heavy atom. The van der Waals surface area contributed by atoms with Gasteiger partial charge in [-0.1, -0.05) is 6.07 Å². The van der Waals surface area contributed by atoms with Gasteiger partial charge in [-0.25, -0.2) is 9.97 Å². The number of hydrogen-bond donors (Lipinski definition) is 2. The number of aromatic amines is 1. The molecule has 0 aliphatic rings. The van der Waals surface area contributed by atoms with E-state index in [4.69, 9.17) is 4.98 Å². The van der Waals surface area contributed by atoms with Gasteiger partial charge in [-0.3, -0.25) is 15.1 Å². The van der Waals surface area contributed by atoms with Crippen LogP contribution in [0, 0.1) is 0 Å². The van der Waals surface area contributed by atoms with Crippen LogP contribution in [0.5, 0.6) is 0 Å². The van der Waals surface area contributed by atoms with Gasteiger partial charge in [0.1, 0.15) is 11.2 Å². The van der Waals surface area contributed by atoms with Crippen LogP contribution in [0.25, 0.3) is 55.2 Å². The van der Waals surface area contributed by atoms with Gasteiger partial charge >= 0.3 is 0 Å². The molecule has 2 N–H and O–H groups in total. The number of thiophene rings is 1. The van der Waals surface area contributed by atoms with Gasteiger partial charge in [0.05, 0.1) is 22.8 Å². The Balaban J connectivity index is 1.49. The molecule has 0 atom stereocenters. The lowest BCUT2D eigenvalue weighted by atomic mass is 10.1. The van der Waals surface area contributed by atoms with Crippen molar-refractivity contribution in [2.24, 2.45) is 7.05 Å². The second-order valence-corrected chi connectivity index (χ2v) is 9.43. The van der Waals surface area contributed by atoms with Crippen molar-refractivity contribution >= 4 is 39.1 Å².